The van der Waals surface area contributed by atoms with Gasteiger partial charge in [-0.1, -0.05) is 18.2 Å². The van der Waals surface area contributed by atoms with Crippen LogP contribution in [0.1, 0.15) is 12.8 Å². The van der Waals surface area contributed by atoms with Gasteiger partial charge in [-0.25, -0.2) is 8.42 Å². The van der Waals surface area contributed by atoms with Gasteiger partial charge >= 0.3 is 0 Å². The van der Waals surface area contributed by atoms with Gasteiger partial charge in [0.15, 0.2) is 11.5 Å². The fourth-order valence-corrected chi connectivity index (χ4v) is 5.83. The molecule has 1 atom stereocenters. The molecular formula is C23H27N3O5S. The smallest absolute Gasteiger partial charge is 0.243 e. The summed E-state index contributed by atoms with van der Waals surface area (Å²) in [5, 5.41) is 4.05. The quantitative estimate of drug-likeness (QED) is 0.562. The van der Waals surface area contributed by atoms with Gasteiger partial charge in [-0.2, -0.15) is 4.31 Å². The lowest BCUT2D eigenvalue weighted by atomic mass is 10.2. The minimum Gasteiger partial charge on any atom is -0.493 e. The van der Waals surface area contributed by atoms with Gasteiger partial charge in [0.05, 0.1) is 19.1 Å². The average Bonchev–Trinajstić information content (AvgIpc) is 3.46. The topological polar surface area (TPSA) is 89.9 Å². The van der Waals surface area contributed by atoms with Crippen LogP contribution in [-0.2, 0) is 21.4 Å². The van der Waals surface area contributed by atoms with Gasteiger partial charge in [-0.15, -0.1) is 0 Å². The van der Waals surface area contributed by atoms with Gasteiger partial charge < -0.3 is 19.4 Å². The SMILES string of the molecule is COc1ccc(S(=O)(=O)N2CCCC2C(=O)NCCn2ccc3ccccc32)cc1OC. The molecule has 2 heterocycles. The Kier molecular flexibility index (Phi) is 6.38. The number of sulfonamides is 1. The zero-order valence-corrected chi connectivity index (χ0v) is 19.0. The first-order valence-corrected chi connectivity index (χ1v) is 11.9. The van der Waals surface area contributed by atoms with Gasteiger partial charge in [0.2, 0.25) is 15.9 Å². The summed E-state index contributed by atoms with van der Waals surface area (Å²) >= 11 is 0. The molecule has 1 fully saturated rings. The van der Waals surface area contributed by atoms with E-state index in [1.165, 1.54) is 30.7 Å². The summed E-state index contributed by atoms with van der Waals surface area (Å²) in [6.45, 7) is 1.32. The summed E-state index contributed by atoms with van der Waals surface area (Å²) in [6.07, 6.45) is 3.11. The predicted molar refractivity (Wildman–Crippen MR) is 121 cm³/mol. The van der Waals surface area contributed by atoms with Crippen LogP contribution in [0.4, 0.5) is 0 Å². The second-order valence-electron chi connectivity index (χ2n) is 7.65. The number of methoxy groups -OCH3 is 2. The van der Waals surface area contributed by atoms with Gasteiger partial charge in [0.1, 0.15) is 6.04 Å². The number of nitrogens with zero attached hydrogens (tertiary/aromatic N) is 2. The highest BCUT2D eigenvalue weighted by Crippen LogP contribution is 2.33. The maximum atomic E-state index is 13.3. The molecule has 1 aromatic heterocycles. The summed E-state index contributed by atoms with van der Waals surface area (Å²) in [5.74, 6) is 0.496. The molecule has 1 aliphatic rings. The standard InChI is InChI=1S/C23H27N3O5S/c1-30-21-10-9-18(16-22(21)31-2)32(28,29)26-13-5-8-20(26)23(27)24-12-15-25-14-11-17-6-3-4-7-19(17)25/h3-4,6-7,9-11,14,16,20H,5,8,12-13,15H2,1-2H3,(H,24,27). The molecule has 0 radical (unpaired) electrons. The van der Waals surface area contributed by atoms with E-state index in [0.717, 1.165) is 10.9 Å². The zero-order chi connectivity index (χ0) is 22.7. The number of benzene rings is 2. The fraction of sp³-hybridized carbons (Fsp3) is 0.348. The fourth-order valence-electron chi connectivity index (χ4n) is 4.16. The highest BCUT2D eigenvalue weighted by molar-refractivity contribution is 7.89. The van der Waals surface area contributed by atoms with E-state index in [9.17, 15) is 13.2 Å². The Morgan fingerprint density at radius 3 is 2.66 bits per heavy atom. The molecule has 0 bridgehead atoms. The molecule has 1 unspecified atom stereocenters. The monoisotopic (exact) mass is 457 g/mol. The van der Waals surface area contributed by atoms with Crippen molar-refractivity contribution in [3.05, 3.63) is 54.7 Å². The van der Waals surface area contributed by atoms with Crippen LogP contribution in [-0.4, -0.2) is 56.5 Å². The van der Waals surface area contributed by atoms with Crippen LogP contribution >= 0.6 is 0 Å². The Balaban J connectivity index is 1.45. The lowest BCUT2D eigenvalue weighted by Crippen LogP contribution is -2.46. The van der Waals surface area contributed by atoms with Gasteiger partial charge in [0.25, 0.3) is 0 Å². The number of ether oxygens (including phenoxy) is 2. The molecule has 1 N–H and O–H groups in total. The maximum absolute atomic E-state index is 13.3. The van der Waals surface area contributed by atoms with E-state index in [1.807, 2.05) is 36.5 Å². The van der Waals surface area contributed by atoms with E-state index in [4.69, 9.17) is 9.47 Å². The molecule has 0 saturated carbocycles. The summed E-state index contributed by atoms with van der Waals surface area (Å²) < 4.78 is 40.3. The van der Waals surface area contributed by atoms with Crippen molar-refractivity contribution in [3.8, 4) is 11.5 Å². The molecular weight excluding hydrogens is 430 g/mol. The minimum absolute atomic E-state index is 0.0775. The van der Waals surface area contributed by atoms with Crippen molar-refractivity contribution in [2.45, 2.75) is 30.3 Å². The van der Waals surface area contributed by atoms with E-state index in [0.29, 0.717) is 44.0 Å². The summed E-state index contributed by atoms with van der Waals surface area (Å²) in [4.78, 5) is 13.0. The lowest BCUT2D eigenvalue weighted by Gasteiger charge is -2.24. The molecule has 8 nitrogen and oxygen atoms in total. The van der Waals surface area contributed by atoms with Crippen LogP contribution in [0.3, 0.4) is 0 Å². The third kappa shape index (κ3) is 4.18. The number of hydrogen-bond acceptors (Lipinski definition) is 5. The zero-order valence-electron chi connectivity index (χ0n) is 18.2. The van der Waals surface area contributed by atoms with Crippen molar-refractivity contribution in [2.75, 3.05) is 27.3 Å². The average molecular weight is 458 g/mol. The molecule has 170 valence electrons. The highest BCUT2D eigenvalue weighted by atomic mass is 32.2. The van der Waals surface area contributed by atoms with E-state index in [-0.39, 0.29) is 10.8 Å². The van der Waals surface area contributed by atoms with Gasteiger partial charge in [-0.3, -0.25) is 4.79 Å². The molecule has 4 rings (SSSR count). The van der Waals surface area contributed by atoms with Crippen LogP contribution in [0.5, 0.6) is 11.5 Å². The number of carbonyl (C=O) groups excluding carboxylic acids is 1. The first-order chi connectivity index (χ1) is 15.5. The van der Waals surface area contributed by atoms with Gasteiger partial charge in [-0.05, 0) is 42.5 Å². The van der Waals surface area contributed by atoms with Crippen LogP contribution in [0.15, 0.2) is 59.6 Å². The maximum Gasteiger partial charge on any atom is 0.243 e. The molecule has 1 saturated heterocycles. The van der Waals surface area contributed by atoms with Crippen molar-refractivity contribution in [3.63, 3.8) is 0 Å². The second-order valence-corrected chi connectivity index (χ2v) is 9.54. The first-order valence-electron chi connectivity index (χ1n) is 10.5. The number of hydrogen-bond donors (Lipinski definition) is 1. The van der Waals surface area contributed by atoms with Gasteiger partial charge in [0, 0.05) is 37.4 Å². The molecule has 3 aromatic rings. The number of para-hydroxylation sites is 1. The lowest BCUT2D eigenvalue weighted by molar-refractivity contribution is -0.124. The summed E-state index contributed by atoms with van der Waals surface area (Å²) in [7, 11) is -0.914. The predicted octanol–water partition coefficient (Wildman–Crippen LogP) is 2.63. The Hall–Kier alpha value is -3.04. The molecule has 1 amide bonds. The normalized spacial score (nSPS) is 16.9. The molecule has 0 spiro atoms. The first kappa shape index (κ1) is 22.2. The number of aromatic nitrogens is 1. The van der Waals surface area contributed by atoms with Crippen molar-refractivity contribution < 1.29 is 22.7 Å². The second kappa shape index (κ2) is 9.22. The third-order valence-electron chi connectivity index (χ3n) is 5.80. The summed E-state index contributed by atoms with van der Waals surface area (Å²) in [6, 6.07) is 13.8. The van der Waals surface area contributed by atoms with Crippen LogP contribution in [0.2, 0.25) is 0 Å². The van der Waals surface area contributed by atoms with E-state index < -0.39 is 16.1 Å². The number of fused-ring (bicyclic) bond motifs is 1. The molecule has 1 aliphatic heterocycles. The Morgan fingerprint density at radius 2 is 1.88 bits per heavy atom. The number of amides is 1. The Morgan fingerprint density at radius 1 is 1.09 bits per heavy atom. The largest absolute Gasteiger partial charge is 0.493 e. The minimum atomic E-state index is -3.86. The van der Waals surface area contributed by atoms with Crippen molar-refractivity contribution in [1.29, 1.82) is 0 Å². The van der Waals surface area contributed by atoms with Crippen molar-refractivity contribution in [2.24, 2.45) is 0 Å². The molecule has 0 aliphatic carbocycles. The van der Waals surface area contributed by atoms with Crippen molar-refractivity contribution in [1.82, 2.24) is 14.2 Å². The van der Waals surface area contributed by atoms with E-state index in [1.54, 1.807) is 6.07 Å². The van der Waals surface area contributed by atoms with E-state index >= 15 is 0 Å². The third-order valence-corrected chi connectivity index (χ3v) is 7.70. The van der Waals surface area contributed by atoms with E-state index in [2.05, 4.69) is 9.88 Å². The van der Waals surface area contributed by atoms with Crippen molar-refractivity contribution >= 4 is 26.8 Å². The molecule has 2 aromatic carbocycles. The van der Waals surface area contributed by atoms with Crippen LogP contribution < -0.4 is 14.8 Å². The van der Waals surface area contributed by atoms with Crippen LogP contribution in [0, 0.1) is 0 Å². The highest BCUT2D eigenvalue weighted by Gasteiger charge is 2.39. The Labute approximate surface area is 187 Å². The number of nitrogens with one attached hydrogen (secondary N) is 1. The molecule has 32 heavy (non-hydrogen) atoms. The summed E-state index contributed by atoms with van der Waals surface area (Å²) in [5.41, 5.74) is 1.10. The number of rotatable bonds is 8. The number of carbonyl (C=O) groups is 1. The van der Waals surface area contributed by atoms with Crippen LogP contribution in [0.25, 0.3) is 10.9 Å². The molecule has 9 heteroatoms. The Bertz CT molecular complexity index is 1220.